The fourth-order valence-corrected chi connectivity index (χ4v) is 3.99. The zero-order valence-corrected chi connectivity index (χ0v) is 13.9. The molecular formula is C11H13BrN4O2S2. The molecule has 2 heterocycles. The molecule has 9 heteroatoms. The predicted molar refractivity (Wildman–Crippen MR) is 82.4 cm³/mol. The fraction of sp³-hybridized carbons (Fsp3) is 0.273. The van der Waals surface area contributed by atoms with Gasteiger partial charge in [0.15, 0.2) is 0 Å². The summed E-state index contributed by atoms with van der Waals surface area (Å²) in [6, 6.07) is 3.32. The highest BCUT2D eigenvalue weighted by molar-refractivity contribution is 9.10. The third-order valence-corrected chi connectivity index (χ3v) is 6.13. The maximum absolute atomic E-state index is 12.2. The van der Waals surface area contributed by atoms with E-state index >= 15 is 0 Å². The summed E-state index contributed by atoms with van der Waals surface area (Å²) in [6.45, 7) is 0.766. The van der Waals surface area contributed by atoms with Crippen LogP contribution in [0.25, 0.3) is 0 Å². The summed E-state index contributed by atoms with van der Waals surface area (Å²) in [6.07, 6.45) is 3.25. The molecule has 2 rings (SSSR count). The number of aromatic nitrogens is 2. The van der Waals surface area contributed by atoms with E-state index in [1.807, 2.05) is 0 Å². The Kier molecular flexibility index (Phi) is 5.08. The molecule has 0 spiro atoms. The fourth-order valence-electron chi connectivity index (χ4n) is 1.41. The van der Waals surface area contributed by atoms with Crippen LogP contribution in [0.1, 0.15) is 0 Å². The van der Waals surface area contributed by atoms with Crippen LogP contribution in [0.15, 0.2) is 38.6 Å². The lowest BCUT2D eigenvalue weighted by Crippen LogP contribution is -2.31. The first-order chi connectivity index (χ1) is 9.50. The Morgan fingerprint density at radius 1 is 1.40 bits per heavy atom. The van der Waals surface area contributed by atoms with E-state index in [-0.39, 0.29) is 0 Å². The van der Waals surface area contributed by atoms with Crippen LogP contribution in [0, 0.1) is 0 Å². The normalized spacial score (nSPS) is 11.8. The molecule has 6 nitrogen and oxygen atoms in total. The number of likely N-dealkylation sites (N-methyl/N-ethyl adjacent to an activating group) is 1. The number of rotatable bonds is 6. The summed E-state index contributed by atoms with van der Waals surface area (Å²) in [7, 11) is -1.84. The summed E-state index contributed by atoms with van der Waals surface area (Å²) in [5.41, 5.74) is 0. The zero-order chi connectivity index (χ0) is 14.6. The first-order valence-electron chi connectivity index (χ1n) is 5.71. The van der Waals surface area contributed by atoms with Crippen molar-refractivity contribution in [1.29, 1.82) is 0 Å². The maximum atomic E-state index is 12.2. The number of nitrogens with zero attached hydrogens (tertiary/aromatic N) is 3. The first kappa shape index (κ1) is 15.4. The van der Waals surface area contributed by atoms with Crippen LogP contribution in [0.2, 0.25) is 0 Å². The lowest BCUT2D eigenvalue weighted by molar-refractivity contribution is 0.482. The molecular weight excluding hydrogens is 364 g/mol. The highest BCUT2D eigenvalue weighted by Gasteiger charge is 2.21. The molecule has 0 bridgehead atoms. The number of sulfonamides is 1. The van der Waals surface area contributed by atoms with E-state index < -0.39 is 10.0 Å². The molecule has 1 N–H and O–H groups in total. The molecule has 0 aromatic carbocycles. The highest BCUT2D eigenvalue weighted by atomic mass is 79.9. The van der Waals surface area contributed by atoms with Crippen molar-refractivity contribution in [1.82, 2.24) is 14.3 Å². The molecule has 0 saturated heterocycles. The average Bonchev–Trinajstić information content (AvgIpc) is 2.95. The van der Waals surface area contributed by atoms with Crippen molar-refractivity contribution in [3.05, 3.63) is 34.4 Å². The Morgan fingerprint density at radius 3 is 2.70 bits per heavy atom. The molecule has 108 valence electrons. The molecule has 2 aromatic rings. The lowest BCUT2D eigenvalue weighted by Gasteiger charge is -2.16. The number of nitrogens with one attached hydrogen (secondary N) is 1. The van der Waals surface area contributed by atoms with Gasteiger partial charge >= 0.3 is 0 Å². The molecule has 20 heavy (non-hydrogen) atoms. The summed E-state index contributed by atoms with van der Waals surface area (Å²) in [5.74, 6) is 0.468. The van der Waals surface area contributed by atoms with Gasteiger partial charge in [-0.05, 0) is 27.4 Å². The second-order valence-corrected chi connectivity index (χ2v) is 8.05. The van der Waals surface area contributed by atoms with Crippen LogP contribution >= 0.6 is 27.3 Å². The standard InChI is InChI=1S/C11H13BrN4O2S2/c1-16(20(17,18)10-3-2-6-19-10)5-4-13-11-14-7-9(12)8-15-11/h2-3,6-8H,4-5H2,1H3,(H,13,14,15). The number of thiophene rings is 1. The Hall–Kier alpha value is -1.03. The number of halogens is 1. The van der Waals surface area contributed by atoms with E-state index in [4.69, 9.17) is 0 Å². The van der Waals surface area contributed by atoms with Gasteiger partial charge in [0.05, 0.1) is 4.47 Å². The minimum Gasteiger partial charge on any atom is -0.353 e. The van der Waals surface area contributed by atoms with Gasteiger partial charge in [-0.15, -0.1) is 11.3 Å². The van der Waals surface area contributed by atoms with Crippen molar-refractivity contribution < 1.29 is 8.42 Å². The predicted octanol–water partition coefficient (Wildman–Crippen LogP) is 2.03. The highest BCUT2D eigenvalue weighted by Crippen LogP contribution is 2.19. The Labute approximate surface area is 130 Å². The summed E-state index contributed by atoms with van der Waals surface area (Å²) < 4.78 is 26.8. The van der Waals surface area contributed by atoms with Gasteiger partial charge in [0, 0.05) is 32.5 Å². The first-order valence-corrected chi connectivity index (χ1v) is 8.82. The topological polar surface area (TPSA) is 75.2 Å². The van der Waals surface area contributed by atoms with Crippen molar-refractivity contribution in [3.8, 4) is 0 Å². The van der Waals surface area contributed by atoms with Crippen LogP contribution in [0.3, 0.4) is 0 Å². The van der Waals surface area contributed by atoms with Crippen LogP contribution in [0.5, 0.6) is 0 Å². The monoisotopic (exact) mass is 376 g/mol. The second kappa shape index (κ2) is 6.61. The SMILES string of the molecule is CN(CCNc1ncc(Br)cn1)S(=O)(=O)c1cccs1. The summed E-state index contributed by atoms with van der Waals surface area (Å²) in [5, 5.41) is 4.72. The molecule has 0 radical (unpaired) electrons. The van der Waals surface area contributed by atoms with E-state index in [0.717, 1.165) is 4.47 Å². The molecule has 0 amide bonds. The van der Waals surface area contributed by atoms with Crippen molar-refractivity contribution in [3.63, 3.8) is 0 Å². The average molecular weight is 377 g/mol. The quantitative estimate of drug-likeness (QED) is 0.834. The van der Waals surface area contributed by atoms with E-state index in [2.05, 4.69) is 31.2 Å². The van der Waals surface area contributed by atoms with Crippen molar-refractivity contribution in [2.45, 2.75) is 4.21 Å². The van der Waals surface area contributed by atoms with Crippen LogP contribution in [-0.2, 0) is 10.0 Å². The minimum absolute atomic E-state index is 0.333. The molecule has 0 fully saturated rings. The van der Waals surface area contributed by atoms with Crippen molar-refractivity contribution in [2.24, 2.45) is 0 Å². The van der Waals surface area contributed by atoms with Gasteiger partial charge in [0.2, 0.25) is 5.95 Å². The van der Waals surface area contributed by atoms with Crippen LogP contribution in [-0.4, -0.2) is 42.8 Å². The third-order valence-electron chi connectivity index (χ3n) is 2.49. The van der Waals surface area contributed by atoms with E-state index in [1.54, 1.807) is 37.0 Å². The smallest absolute Gasteiger partial charge is 0.252 e. The molecule has 0 aliphatic carbocycles. The number of hydrogen-bond acceptors (Lipinski definition) is 6. The van der Waals surface area contributed by atoms with Gasteiger partial charge in [-0.1, -0.05) is 6.07 Å². The van der Waals surface area contributed by atoms with Gasteiger partial charge in [-0.25, -0.2) is 18.4 Å². The van der Waals surface area contributed by atoms with Gasteiger partial charge in [-0.3, -0.25) is 0 Å². The molecule has 0 aliphatic heterocycles. The van der Waals surface area contributed by atoms with Gasteiger partial charge < -0.3 is 5.32 Å². The number of hydrogen-bond donors (Lipinski definition) is 1. The van der Waals surface area contributed by atoms with Gasteiger partial charge in [0.1, 0.15) is 4.21 Å². The minimum atomic E-state index is -3.39. The van der Waals surface area contributed by atoms with Crippen LogP contribution < -0.4 is 5.32 Å². The lowest BCUT2D eigenvalue weighted by atomic mass is 10.6. The zero-order valence-electron chi connectivity index (χ0n) is 10.7. The Bertz CT molecular complexity index is 644. The molecule has 0 atom stereocenters. The van der Waals surface area contributed by atoms with E-state index in [1.165, 1.54) is 15.6 Å². The summed E-state index contributed by atoms with van der Waals surface area (Å²) >= 11 is 4.46. The molecule has 0 unspecified atom stereocenters. The van der Waals surface area contributed by atoms with Gasteiger partial charge in [-0.2, -0.15) is 4.31 Å². The van der Waals surface area contributed by atoms with E-state index in [9.17, 15) is 8.42 Å². The largest absolute Gasteiger partial charge is 0.353 e. The maximum Gasteiger partial charge on any atom is 0.252 e. The number of anilines is 1. The van der Waals surface area contributed by atoms with Gasteiger partial charge in [0.25, 0.3) is 10.0 Å². The molecule has 0 saturated carbocycles. The van der Waals surface area contributed by atoms with E-state index in [0.29, 0.717) is 23.2 Å². The van der Waals surface area contributed by atoms with Crippen molar-refractivity contribution >= 4 is 43.2 Å². The molecule has 0 aliphatic rings. The Balaban J connectivity index is 1.89. The van der Waals surface area contributed by atoms with Crippen molar-refractivity contribution in [2.75, 3.05) is 25.5 Å². The van der Waals surface area contributed by atoms with Crippen LogP contribution in [0.4, 0.5) is 5.95 Å². The summed E-state index contributed by atoms with van der Waals surface area (Å²) in [4.78, 5) is 8.10. The second-order valence-electron chi connectivity index (χ2n) is 3.91. The molecule has 2 aromatic heterocycles. The Morgan fingerprint density at radius 2 is 2.10 bits per heavy atom. The third kappa shape index (κ3) is 3.75.